The lowest BCUT2D eigenvalue weighted by Gasteiger charge is -2.33. The lowest BCUT2D eigenvalue weighted by molar-refractivity contribution is 0.660. The van der Waals surface area contributed by atoms with E-state index in [1.165, 1.54) is 132 Å². The fraction of sp³-hybridized carbons (Fsp3) is 0.0541. The number of anilines is 3. The highest BCUT2D eigenvalue weighted by atomic mass is 15.1. The first kappa shape index (κ1) is 42.2. The van der Waals surface area contributed by atoms with Gasteiger partial charge in [0, 0.05) is 22.4 Å². The van der Waals surface area contributed by atoms with Crippen molar-refractivity contribution in [3.8, 4) is 55.6 Å². The van der Waals surface area contributed by atoms with E-state index in [-0.39, 0.29) is 5.41 Å². The molecule has 350 valence electrons. The van der Waals surface area contributed by atoms with Crippen LogP contribution < -0.4 is 4.90 Å². The van der Waals surface area contributed by atoms with E-state index >= 15 is 0 Å². The second-order valence-corrected chi connectivity index (χ2v) is 21.5. The normalized spacial score (nSPS) is 13.9. The average molecular weight is 952 g/mol. The molecular formula is C74H49N. The lowest BCUT2D eigenvalue weighted by Crippen LogP contribution is -2.26. The van der Waals surface area contributed by atoms with Crippen LogP contribution in [-0.4, -0.2) is 0 Å². The fourth-order valence-corrected chi connectivity index (χ4v) is 14.1. The van der Waals surface area contributed by atoms with Gasteiger partial charge in [-0.1, -0.05) is 226 Å². The third-order valence-corrected chi connectivity index (χ3v) is 17.4. The maximum absolute atomic E-state index is 2.59. The van der Waals surface area contributed by atoms with E-state index in [2.05, 4.69) is 280 Å². The Morgan fingerprint density at radius 1 is 0.253 bits per heavy atom. The smallest absolute Gasteiger partial charge is 0.0726 e. The van der Waals surface area contributed by atoms with Crippen LogP contribution in [0.25, 0.3) is 98.7 Å². The van der Waals surface area contributed by atoms with Gasteiger partial charge < -0.3 is 4.90 Å². The van der Waals surface area contributed by atoms with Crippen molar-refractivity contribution in [2.24, 2.45) is 0 Å². The van der Waals surface area contributed by atoms with Crippen LogP contribution in [0.5, 0.6) is 0 Å². The first-order valence-corrected chi connectivity index (χ1v) is 26.4. The minimum Gasteiger partial charge on any atom is -0.310 e. The average Bonchev–Trinajstić information content (AvgIpc) is 4.24. The molecule has 13 aromatic rings. The Morgan fingerprint density at radius 2 is 0.707 bits per heavy atom. The molecular weight excluding hydrogens is 903 g/mol. The van der Waals surface area contributed by atoms with E-state index < -0.39 is 5.41 Å². The Hall–Kier alpha value is -9.30. The zero-order valence-electron chi connectivity index (χ0n) is 41.8. The van der Waals surface area contributed by atoms with Crippen molar-refractivity contribution in [3.05, 3.63) is 294 Å². The summed E-state index contributed by atoms with van der Waals surface area (Å²) in [4.78, 5) is 2.57. The monoisotopic (exact) mass is 951 g/mol. The predicted octanol–water partition coefficient (Wildman–Crippen LogP) is 19.8. The molecule has 13 aromatic carbocycles. The molecule has 1 spiro atoms. The van der Waals surface area contributed by atoms with Gasteiger partial charge in [-0.3, -0.25) is 0 Å². The van der Waals surface area contributed by atoms with Crippen molar-refractivity contribution in [2.75, 3.05) is 4.90 Å². The molecule has 0 amide bonds. The zero-order valence-corrected chi connectivity index (χ0v) is 41.8. The fourth-order valence-electron chi connectivity index (χ4n) is 14.1. The molecule has 1 nitrogen and oxygen atoms in total. The number of hydrogen-bond donors (Lipinski definition) is 0. The molecule has 3 aliphatic rings. The van der Waals surface area contributed by atoms with Gasteiger partial charge in [0.15, 0.2) is 0 Å². The SMILES string of the molecule is CC1(C)c2ccccc2-c2cc(-c3cc4c(cc3N(c3ccc(-c5ccc6ccccc6c5)cc3)c3ccc5c6ccccc6c6ccccc6c5c3)C3(c5ccccc5-c5ccccc53)c3ccccc3-4)ccc21. The quantitative estimate of drug-likeness (QED) is 0.155. The maximum atomic E-state index is 2.59. The summed E-state index contributed by atoms with van der Waals surface area (Å²) >= 11 is 0. The largest absolute Gasteiger partial charge is 0.310 e. The molecule has 0 aliphatic heterocycles. The second-order valence-electron chi connectivity index (χ2n) is 21.5. The number of hydrogen-bond acceptors (Lipinski definition) is 1. The summed E-state index contributed by atoms with van der Waals surface area (Å²) in [5.41, 5.74) is 23.3. The van der Waals surface area contributed by atoms with Crippen LogP contribution >= 0.6 is 0 Å². The predicted molar refractivity (Wildman–Crippen MR) is 316 cm³/mol. The highest BCUT2D eigenvalue weighted by molar-refractivity contribution is 6.26. The van der Waals surface area contributed by atoms with E-state index in [0.29, 0.717) is 0 Å². The van der Waals surface area contributed by atoms with Gasteiger partial charge in [-0.25, -0.2) is 0 Å². The van der Waals surface area contributed by atoms with E-state index in [1.54, 1.807) is 0 Å². The van der Waals surface area contributed by atoms with Crippen LogP contribution in [0.4, 0.5) is 17.1 Å². The zero-order chi connectivity index (χ0) is 49.6. The molecule has 0 atom stereocenters. The first-order valence-electron chi connectivity index (χ1n) is 26.4. The molecule has 0 saturated carbocycles. The Bertz CT molecular complexity index is 4490. The minimum absolute atomic E-state index is 0.114. The van der Waals surface area contributed by atoms with Gasteiger partial charge in [0.1, 0.15) is 0 Å². The van der Waals surface area contributed by atoms with Gasteiger partial charge in [-0.05, 0) is 175 Å². The summed E-state index contributed by atoms with van der Waals surface area (Å²) < 4.78 is 0. The highest BCUT2D eigenvalue weighted by Gasteiger charge is 2.52. The molecule has 0 aromatic heterocycles. The minimum atomic E-state index is -0.530. The summed E-state index contributed by atoms with van der Waals surface area (Å²) in [6.07, 6.45) is 0. The molecule has 0 saturated heterocycles. The van der Waals surface area contributed by atoms with Crippen molar-refractivity contribution in [1.82, 2.24) is 0 Å². The Labute approximate surface area is 437 Å². The number of fused-ring (bicyclic) bond motifs is 20. The third kappa shape index (κ3) is 5.84. The highest BCUT2D eigenvalue weighted by Crippen LogP contribution is 2.64. The van der Waals surface area contributed by atoms with Crippen molar-refractivity contribution in [1.29, 1.82) is 0 Å². The van der Waals surface area contributed by atoms with Crippen LogP contribution in [0.1, 0.15) is 47.2 Å². The van der Waals surface area contributed by atoms with Gasteiger partial charge in [-0.2, -0.15) is 0 Å². The second kappa shape index (κ2) is 15.6. The van der Waals surface area contributed by atoms with Crippen molar-refractivity contribution >= 4 is 60.2 Å². The Balaban J connectivity index is 1.02. The molecule has 1 heteroatoms. The summed E-state index contributed by atoms with van der Waals surface area (Å²) in [7, 11) is 0. The summed E-state index contributed by atoms with van der Waals surface area (Å²) in [5, 5.41) is 10.0. The van der Waals surface area contributed by atoms with Crippen LogP contribution in [-0.2, 0) is 10.8 Å². The van der Waals surface area contributed by atoms with E-state index in [4.69, 9.17) is 0 Å². The molecule has 0 N–H and O–H groups in total. The van der Waals surface area contributed by atoms with Gasteiger partial charge in [0.2, 0.25) is 0 Å². The lowest BCUT2D eigenvalue weighted by atomic mass is 9.70. The standard InChI is InChI=1S/C74H49N/c1-73(2)66-27-13-9-25-60(66)64-42-50(35-40-67(64)73)62-44-65-61-26-12-16-30-70(61)74(68-28-14-10-23-58(68)59-24-11-15-29-69(59)74)71(65)45-72(62)75(51-36-33-47(34-37-51)49-32-31-46-17-3-4-18-48(46)41-49)52-38-39-57-55-21-6-5-19-53(55)54-20-7-8-22-56(54)63(57)43-52/h3-45H,1-2H3. The molecule has 0 bridgehead atoms. The van der Waals surface area contributed by atoms with E-state index in [9.17, 15) is 0 Å². The molecule has 0 heterocycles. The molecule has 3 aliphatic carbocycles. The van der Waals surface area contributed by atoms with Gasteiger partial charge in [0.25, 0.3) is 0 Å². The first-order chi connectivity index (χ1) is 36.9. The summed E-state index contributed by atoms with van der Waals surface area (Å²) in [5.74, 6) is 0. The van der Waals surface area contributed by atoms with Crippen LogP contribution in [0.3, 0.4) is 0 Å². The Morgan fingerprint density at radius 3 is 1.35 bits per heavy atom. The Kier molecular flexibility index (Phi) is 8.79. The van der Waals surface area contributed by atoms with Crippen molar-refractivity contribution in [2.45, 2.75) is 24.7 Å². The summed E-state index contributed by atoms with van der Waals surface area (Å²) in [6.45, 7) is 4.75. The maximum Gasteiger partial charge on any atom is 0.0726 e. The molecule has 0 fully saturated rings. The van der Waals surface area contributed by atoms with E-state index in [1.807, 2.05) is 0 Å². The van der Waals surface area contributed by atoms with Crippen LogP contribution in [0.2, 0.25) is 0 Å². The molecule has 16 rings (SSSR count). The topological polar surface area (TPSA) is 3.24 Å². The third-order valence-electron chi connectivity index (χ3n) is 17.4. The molecule has 0 unspecified atom stereocenters. The van der Waals surface area contributed by atoms with Crippen molar-refractivity contribution in [3.63, 3.8) is 0 Å². The van der Waals surface area contributed by atoms with Gasteiger partial charge in [-0.15, -0.1) is 0 Å². The van der Waals surface area contributed by atoms with Gasteiger partial charge in [0.05, 0.1) is 11.1 Å². The molecule has 75 heavy (non-hydrogen) atoms. The van der Waals surface area contributed by atoms with E-state index in [0.717, 1.165) is 17.1 Å². The van der Waals surface area contributed by atoms with Crippen LogP contribution in [0, 0.1) is 0 Å². The van der Waals surface area contributed by atoms with Crippen LogP contribution in [0.15, 0.2) is 261 Å². The number of rotatable bonds is 5. The van der Waals surface area contributed by atoms with Gasteiger partial charge >= 0.3 is 0 Å². The van der Waals surface area contributed by atoms with Crippen molar-refractivity contribution < 1.29 is 0 Å². The molecule has 0 radical (unpaired) electrons. The summed E-state index contributed by atoms with van der Waals surface area (Å²) in [6, 6.07) is 98.8. The number of benzene rings is 13. The number of nitrogens with zero attached hydrogens (tertiary/aromatic N) is 1.